The molecule has 0 aliphatic heterocycles. The number of hydrogen-bond acceptors (Lipinski definition) is 3. The van der Waals surface area contributed by atoms with Gasteiger partial charge in [0.05, 0.1) is 12.8 Å². The minimum Gasteiger partial charge on any atom is -0.495 e. The SMILES string of the molecule is COc1ccc(C(C)(C)C)cc1N(C)C(C)CCN. The summed E-state index contributed by atoms with van der Waals surface area (Å²) in [6.45, 7) is 9.56. The van der Waals surface area contributed by atoms with Gasteiger partial charge in [-0.05, 0) is 43.0 Å². The quantitative estimate of drug-likeness (QED) is 0.887. The van der Waals surface area contributed by atoms with E-state index in [1.807, 2.05) is 0 Å². The normalized spacial score (nSPS) is 13.2. The zero-order valence-electron chi connectivity index (χ0n) is 13.2. The van der Waals surface area contributed by atoms with Gasteiger partial charge >= 0.3 is 0 Å². The van der Waals surface area contributed by atoms with Crippen LogP contribution < -0.4 is 15.4 Å². The van der Waals surface area contributed by atoms with Crippen molar-refractivity contribution in [1.82, 2.24) is 0 Å². The lowest BCUT2D eigenvalue weighted by Crippen LogP contribution is -2.31. The van der Waals surface area contributed by atoms with Gasteiger partial charge in [0, 0.05) is 13.1 Å². The summed E-state index contributed by atoms with van der Waals surface area (Å²) < 4.78 is 5.49. The van der Waals surface area contributed by atoms with Crippen molar-refractivity contribution in [3.05, 3.63) is 23.8 Å². The van der Waals surface area contributed by atoms with Gasteiger partial charge in [-0.25, -0.2) is 0 Å². The van der Waals surface area contributed by atoms with E-state index in [4.69, 9.17) is 10.5 Å². The molecule has 0 amide bonds. The first-order valence-corrected chi connectivity index (χ1v) is 6.92. The van der Waals surface area contributed by atoms with Gasteiger partial charge in [-0.1, -0.05) is 26.8 Å². The Morgan fingerprint density at radius 3 is 2.42 bits per heavy atom. The smallest absolute Gasteiger partial charge is 0.142 e. The summed E-state index contributed by atoms with van der Waals surface area (Å²) >= 11 is 0. The summed E-state index contributed by atoms with van der Waals surface area (Å²) in [5.74, 6) is 0.916. The van der Waals surface area contributed by atoms with Gasteiger partial charge in [0.15, 0.2) is 0 Å². The van der Waals surface area contributed by atoms with E-state index in [2.05, 4.69) is 57.8 Å². The van der Waals surface area contributed by atoms with E-state index < -0.39 is 0 Å². The zero-order valence-corrected chi connectivity index (χ0v) is 13.2. The number of rotatable bonds is 5. The number of methoxy groups -OCH3 is 1. The topological polar surface area (TPSA) is 38.5 Å². The van der Waals surface area contributed by atoms with Crippen molar-refractivity contribution in [1.29, 1.82) is 0 Å². The third-order valence-corrected chi connectivity index (χ3v) is 3.67. The zero-order chi connectivity index (χ0) is 14.6. The minimum atomic E-state index is 0.138. The van der Waals surface area contributed by atoms with Gasteiger partial charge in [0.25, 0.3) is 0 Å². The van der Waals surface area contributed by atoms with Crippen LogP contribution in [-0.2, 0) is 5.41 Å². The van der Waals surface area contributed by atoms with Crippen molar-refractivity contribution in [3.63, 3.8) is 0 Å². The summed E-state index contributed by atoms with van der Waals surface area (Å²) in [5.41, 5.74) is 8.24. The molecule has 1 rings (SSSR count). The molecule has 0 fully saturated rings. The van der Waals surface area contributed by atoms with Crippen LogP contribution in [0.4, 0.5) is 5.69 Å². The third kappa shape index (κ3) is 3.87. The van der Waals surface area contributed by atoms with E-state index in [1.165, 1.54) is 5.56 Å². The molecule has 0 saturated heterocycles. The lowest BCUT2D eigenvalue weighted by atomic mass is 9.86. The average Bonchev–Trinajstić information content (AvgIpc) is 2.36. The first-order valence-electron chi connectivity index (χ1n) is 6.92. The Kier molecular flexibility index (Phi) is 5.24. The van der Waals surface area contributed by atoms with E-state index in [-0.39, 0.29) is 5.41 Å². The fraction of sp³-hybridized carbons (Fsp3) is 0.625. The summed E-state index contributed by atoms with van der Waals surface area (Å²) in [7, 11) is 3.82. The van der Waals surface area contributed by atoms with Gasteiger partial charge in [0.2, 0.25) is 0 Å². The summed E-state index contributed by atoms with van der Waals surface area (Å²) in [6, 6.07) is 6.83. The second kappa shape index (κ2) is 6.29. The second-order valence-electron chi connectivity index (χ2n) is 6.17. The van der Waals surface area contributed by atoms with Crippen molar-refractivity contribution in [2.24, 2.45) is 5.73 Å². The van der Waals surface area contributed by atoms with Gasteiger partial charge < -0.3 is 15.4 Å². The summed E-state index contributed by atoms with van der Waals surface area (Å²) in [5, 5.41) is 0. The lowest BCUT2D eigenvalue weighted by molar-refractivity contribution is 0.412. The number of benzene rings is 1. The molecule has 0 aliphatic rings. The van der Waals surface area contributed by atoms with E-state index in [0.717, 1.165) is 17.9 Å². The predicted octanol–water partition coefficient (Wildman–Crippen LogP) is 3.17. The maximum absolute atomic E-state index is 5.66. The monoisotopic (exact) mass is 264 g/mol. The van der Waals surface area contributed by atoms with Gasteiger partial charge in [-0.15, -0.1) is 0 Å². The van der Waals surface area contributed by atoms with Crippen molar-refractivity contribution in [3.8, 4) is 5.75 Å². The molecule has 108 valence electrons. The van der Waals surface area contributed by atoms with Crippen LogP contribution in [0.1, 0.15) is 39.7 Å². The van der Waals surface area contributed by atoms with E-state index in [0.29, 0.717) is 12.6 Å². The van der Waals surface area contributed by atoms with Crippen LogP contribution in [0.25, 0.3) is 0 Å². The molecule has 0 aliphatic carbocycles. The van der Waals surface area contributed by atoms with Crippen molar-refractivity contribution < 1.29 is 4.74 Å². The highest BCUT2D eigenvalue weighted by molar-refractivity contribution is 5.61. The van der Waals surface area contributed by atoms with E-state index in [1.54, 1.807) is 7.11 Å². The second-order valence-corrected chi connectivity index (χ2v) is 6.17. The molecule has 1 aromatic rings. The van der Waals surface area contributed by atoms with Crippen LogP contribution in [0.5, 0.6) is 5.75 Å². The number of anilines is 1. The van der Waals surface area contributed by atoms with Gasteiger partial charge in [0.1, 0.15) is 5.75 Å². The molecule has 1 unspecified atom stereocenters. The highest BCUT2D eigenvalue weighted by Gasteiger charge is 2.19. The Bertz CT molecular complexity index is 410. The molecule has 1 aromatic carbocycles. The minimum absolute atomic E-state index is 0.138. The standard InChI is InChI=1S/C16H28N2O/c1-12(9-10-17)18(5)14-11-13(16(2,3)4)7-8-15(14)19-6/h7-8,11-12H,9-10,17H2,1-6H3. The van der Waals surface area contributed by atoms with Gasteiger partial charge in [-0.2, -0.15) is 0 Å². The van der Waals surface area contributed by atoms with E-state index in [9.17, 15) is 0 Å². The van der Waals surface area contributed by atoms with Crippen molar-refractivity contribution in [2.75, 3.05) is 25.6 Å². The Hall–Kier alpha value is -1.22. The molecule has 0 saturated carbocycles. The van der Waals surface area contributed by atoms with Crippen LogP contribution in [0.3, 0.4) is 0 Å². The number of nitrogens with two attached hydrogens (primary N) is 1. The molecular formula is C16H28N2O. The average molecular weight is 264 g/mol. The van der Waals surface area contributed by atoms with Crippen LogP contribution in [0.15, 0.2) is 18.2 Å². The lowest BCUT2D eigenvalue weighted by Gasteiger charge is -2.30. The van der Waals surface area contributed by atoms with Crippen molar-refractivity contribution >= 4 is 5.69 Å². The van der Waals surface area contributed by atoms with E-state index >= 15 is 0 Å². The molecule has 3 nitrogen and oxygen atoms in total. The number of ether oxygens (including phenoxy) is 1. The Morgan fingerprint density at radius 1 is 1.32 bits per heavy atom. The van der Waals surface area contributed by atoms with Crippen molar-refractivity contribution in [2.45, 2.75) is 45.6 Å². The van der Waals surface area contributed by atoms with Crippen LogP contribution >= 0.6 is 0 Å². The number of hydrogen-bond donors (Lipinski definition) is 1. The highest BCUT2D eigenvalue weighted by Crippen LogP contribution is 2.34. The fourth-order valence-electron chi connectivity index (χ4n) is 2.10. The summed E-state index contributed by atoms with van der Waals surface area (Å²) in [6.07, 6.45) is 0.972. The largest absolute Gasteiger partial charge is 0.495 e. The Labute approximate surface area is 117 Å². The molecule has 0 spiro atoms. The molecule has 3 heteroatoms. The molecule has 2 N–H and O–H groups in total. The van der Waals surface area contributed by atoms with Crippen LogP contribution in [0.2, 0.25) is 0 Å². The predicted molar refractivity (Wildman–Crippen MR) is 83.2 cm³/mol. The summed E-state index contributed by atoms with van der Waals surface area (Å²) in [4.78, 5) is 2.25. The first-order chi connectivity index (χ1) is 8.81. The molecule has 0 aromatic heterocycles. The molecule has 19 heavy (non-hydrogen) atoms. The molecular weight excluding hydrogens is 236 g/mol. The van der Waals surface area contributed by atoms with Crippen LogP contribution in [0, 0.1) is 0 Å². The number of nitrogens with zero attached hydrogens (tertiary/aromatic N) is 1. The maximum Gasteiger partial charge on any atom is 0.142 e. The van der Waals surface area contributed by atoms with Gasteiger partial charge in [-0.3, -0.25) is 0 Å². The Morgan fingerprint density at radius 2 is 1.95 bits per heavy atom. The molecule has 0 bridgehead atoms. The van der Waals surface area contributed by atoms with Crippen LogP contribution in [-0.4, -0.2) is 26.7 Å². The molecule has 0 radical (unpaired) electrons. The maximum atomic E-state index is 5.66. The first kappa shape index (κ1) is 15.8. The molecule has 0 heterocycles. The molecule has 1 atom stereocenters. The third-order valence-electron chi connectivity index (χ3n) is 3.67. The highest BCUT2D eigenvalue weighted by atomic mass is 16.5. The Balaban J connectivity index is 3.15. The fourth-order valence-corrected chi connectivity index (χ4v) is 2.10.